The molecular weight excluding hydrogens is 306 g/mol. The zero-order valence-electron chi connectivity index (χ0n) is 15.6. The third-order valence-electron chi connectivity index (χ3n) is 5.61. The average Bonchev–Trinajstić information content (AvgIpc) is 2.41. The Balaban J connectivity index is 1.11. The van der Waals surface area contributed by atoms with Crippen LogP contribution in [0.25, 0.3) is 0 Å². The molecule has 3 fully saturated rings. The molecule has 1 saturated heterocycles. The monoisotopic (exact) mass is 341 g/mol. The van der Waals surface area contributed by atoms with Crippen molar-refractivity contribution in [1.29, 1.82) is 0 Å². The largest absolute Gasteiger partial charge is 0.378 e. The Hall–Kier alpha value is -0.200. The molecule has 1 heterocycles. The Bertz CT molecular complexity index is 360. The molecule has 2 aliphatic carbocycles. The number of rotatable bonds is 11. The van der Waals surface area contributed by atoms with E-state index in [0.29, 0.717) is 36.4 Å². The van der Waals surface area contributed by atoms with Crippen molar-refractivity contribution in [3.05, 3.63) is 0 Å². The minimum absolute atomic E-state index is 0.418. The van der Waals surface area contributed by atoms with Gasteiger partial charge in [0.2, 0.25) is 0 Å². The van der Waals surface area contributed by atoms with Crippen LogP contribution >= 0.6 is 0 Å². The molecule has 0 N–H and O–H groups in total. The third-order valence-corrected chi connectivity index (χ3v) is 5.61. The first-order valence-corrected chi connectivity index (χ1v) is 9.84. The molecule has 0 aromatic heterocycles. The quantitative estimate of drug-likeness (QED) is 0.540. The number of hydrogen-bond donors (Lipinski definition) is 0. The summed E-state index contributed by atoms with van der Waals surface area (Å²) in [5.74, 6) is 0.688. The Morgan fingerprint density at radius 1 is 0.792 bits per heavy atom. The van der Waals surface area contributed by atoms with Crippen LogP contribution in [0, 0.1) is 5.92 Å². The van der Waals surface area contributed by atoms with Crippen molar-refractivity contribution >= 4 is 0 Å². The molecular formula is C19H35NO4. The minimum atomic E-state index is 0.418. The van der Waals surface area contributed by atoms with Gasteiger partial charge in [0.1, 0.15) is 0 Å². The van der Waals surface area contributed by atoms with Crippen LogP contribution in [-0.2, 0) is 18.9 Å². The van der Waals surface area contributed by atoms with Gasteiger partial charge in [-0.1, -0.05) is 0 Å². The van der Waals surface area contributed by atoms with E-state index < -0.39 is 0 Å². The van der Waals surface area contributed by atoms with E-state index in [1.807, 2.05) is 0 Å². The van der Waals surface area contributed by atoms with E-state index in [-0.39, 0.29) is 0 Å². The van der Waals surface area contributed by atoms with E-state index in [9.17, 15) is 0 Å². The van der Waals surface area contributed by atoms with Crippen molar-refractivity contribution in [1.82, 2.24) is 4.90 Å². The summed E-state index contributed by atoms with van der Waals surface area (Å²) in [5.41, 5.74) is 0. The lowest BCUT2D eigenvalue weighted by Gasteiger charge is -2.42. The van der Waals surface area contributed by atoms with E-state index in [1.165, 1.54) is 0 Å². The molecule has 0 bridgehead atoms. The van der Waals surface area contributed by atoms with Gasteiger partial charge in [-0.2, -0.15) is 0 Å². The second kappa shape index (κ2) is 8.95. The fourth-order valence-electron chi connectivity index (χ4n) is 3.67. The van der Waals surface area contributed by atoms with Crippen LogP contribution in [0.4, 0.5) is 0 Å². The third kappa shape index (κ3) is 5.15. The summed E-state index contributed by atoms with van der Waals surface area (Å²) in [6, 6.07) is 0.639. The molecule has 0 aromatic rings. The molecule has 0 unspecified atom stereocenters. The number of likely N-dealkylation sites (tertiary alicyclic amines) is 1. The van der Waals surface area contributed by atoms with Gasteiger partial charge in [0, 0.05) is 32.3 Å². The van der Waals surface area contributed by atoms with Crippen molar-refractivity contribution in [3.63, 3.8) is 0 Å². The molecule has 0 spiro atoms. The normalized spacial score (nSPS) is 34.0. The van der Waals surface area contributed by atoms with Crippen LogP contribution in [0.1, 0.15) is 46.5 Å². The lowest BCUT2D eigenvalue weighted by Crippen LogP contribution is -2.55. The van der Waals surface area contributed by atoms with Crippen LogP contribution in [-0.4, -0.2) is 74.9 Å². The lowest BCUT2D eigenvalue weighted by molar-refractivity contribution is -0.131. The summed E-state index contributed by atoms with van der Waals surface area (Å²) >= 11 is 0. The van der Waals surface area contributed by atoms with Gasteiger partial charge in [0.25, 0.3) is 0 Å². The van der Waals surface area contributed by atoms with Gasteiger partial charge >= 0.3 is 0 Å². The van der Waals surface area contributed by atoms with Gasteiger partial charge < -0.3 is 18.9 Å². The number of hydrogen-bond acceptors (Lipinski definition) is 5. The fourth-order valence-corrected chi connectivity index (χ4v) is 3.67. The SMILES string of the molecule is CCOC1CC(OCC2CC(OCCOC3CN(C(C)C)C3)C2)C1. The van der Waals surface area contributed by atoms with E-state index in [0.717, 1.165) is 65.2 Å². The highest BCUT2D eigenvalue weighted by atomic mass is 16.5. The molecule has 0 radical (unpaired) electrons. The molecule has 1 aliphatic heterocycles. The zero-order chi connectivity index (χ0) is 16.9. The summed E-state index contributed by atoms with van der Waals surface area (Å²) in [6.45, 7) is 11.9. The van der Waals surface area contributed by atoms with Gasteiger partial charge in [0.15, 0.2) is 0 Å². The van der Waals surface area contributed by atoms with E-state index in [1.54, 1.807) is 0 Å². The summed E-state index contributed by atoms with van der Waals surface area (Å²) in [5, 5.41) is 0. The molecule has 140 valence electrons. The van der Waals surface area contributed by atoms with E-state index >= 15 is 0 Å². The maximum atomic E-state index is 5.95. The smallest absolute Gasteiger partial charge is 0.0830 e. The molecule has 0 aromatic carbocycles. The van der Waals surface area contributed by atoms with Gasteiger partial charge in [-0.15, -0.1) is 0 Å². The van der Waals surface area contributed by atoms with Crippen LogP contribution in [0.2, 0.25) is 0 Å². The second-order valence-corrected chi connectivity index (χ2v) is 7.87. The Labute approximate surface area is 147 Å². The van der Waals surface area contributed by atoms with Crippen LogP contribution in [0.15, 0.2) is 0 Å². The minimum Gasteiger partial charge on any atom is -0.378 e. The first-order chi connectivity index (χ1) is 11.6. The highest BCUT2D eigenvalue weighted by molar-refractivity contribution is 4.85. The maximum Gasteiger partial charge on any atom is 0.0830 e. The van der Waals surface area contributed by atoms with E-state index in [2.05, 4.69) is 25.7 Å². The first-order valence-electron chi connectivity index (χ1n) is 9.84. The standard InChI is InChI=1S/C19H35NO4/c1-4-21-17-9-18(10-17)24-13-15-7-16(8-15)22-5-6-23-19-11-20(12-19)14(2)3/h14-19H,4-13H2,1-3H3. The summed E-state index contributed by atoms with van der Waals surface area (Å²) in [7, 11) is 0. The zero-order valence-corrected chi connectivity index (χ0v) is 15.6. The second-order valence-electron chi connectivity index (χ2n) is 7.87. The highest BCUT2D eigenvalue weighted by Gasteiger charge is 2.34. The Morgan fingerprint density at radius 2 is 1.38 bits per heavy atom. The predicted molar refractivity (Wildman–Crippen MR) is 93.3 cm³/mol. The molecule has 24 heavy (non-hydrogen) atoms. The van der Waals surface area contributed by atoms with Crippen molar-refractivity contribution in [2.45, 2.75) is 76.9 Å². The van der Waals surface area contributed by atoms with Crippen molar-refractivity contribution in [3.8, 4) is 0 Å². The average molecular weight is 341 g/mol. The van der Waals surface area contributed by atoms with Crippen molar-refractivity contribution in [2.24, 2.45) is 5.92 Å². The summed E-state index contributed by atoms with van der Waals surface area (Å²) in [6.07, 6.45) is 6.16. The van der Waals surface area contributed by atoms with Crippen LogP contribution < -0.4 is 0 Å². The van der Waals surface area contributed by atoms with E-state index in [4.69, 9.17) is 18.9 Å². The highest BCUT2D eigenvalue weighted by Crippen LogP contribution is 2.33. The molecule has 0 amide bonds. The van der Waals surface area contributed by atoms with Crippen LogP contribution in [0.3, 0.4) is 0 Å². The Kier molecular flexibility index (Phi) is 6.93. The van der Waals surface area contributed by atoms with Gasteiger partial charge in [-0.25, -0.2) is 0 Å². The number of ether oxygens (including phenoxy) is 4. The molecule has 3 aliphatic rings. The van der Waals surface area contributed by atoms with Crippen molar-refractivity contribution in [2.75, 3.05) is 39.5 Å². The summed E-state index contributed by atoms with van der Waals surface area (Å²) in [4.78, 5) is 2.43. The van der Waals surface area contributed by atoms with Gasteiger partial charge in [0.05, 0.1) is 37.6 Å². The fraction of sp³-hybridized carbons (Fsp3) is 1.00. The summed E-state index contributed by atoms with van der Waals surface area (Å²) < 4.78 is 23.2. The first kappa shape index (κ1) is 18.6. The molecule has 2 saturated carbocycles. The van der Waals surface area contributed by atoms with Crippen molar-refractivity contribution < 1.29 is 18.9 Å². The predicted octanol–water partition coefficient (Wildman–Crippen LogP) is 2.47. The van der Waals surface area contributed by atoms with Crippen LogP contribution in [0.5, 0.6) is 0 Å². The van der Waals surface area contributed by atoms with Gasteiger partial charge in [-0.3, -0.25) is 4.90 Å². The van der Waals surface area contributed by atoms with Gasteiger partial charge in [-0.05, 0) is 52.4 Å². The Morgan fingerprint density at radius 3 is 2.00 bits per heavy atom. The molecule has 0 atom stereocenters. The molecule has 5 heteroatoms. The maximum absolute atomic E-state index is 5.95. The number of nitrogens with zero attached hydrogens (tertiary/aromatic N) is 1. The molecule has 3 rings (SSSR count). The topological polar surface area (TPSA) is 40.2 Å². The molecule has 5 nitrogen and oxygen atoms in total. The lowest BCUT2D eigenvalue weighted by atomic mass is 9.82.